The van der Waals surface area contributed by atoms with Crippen LogP contribution in [0, 0.1) is 12.3 Å². The molecule has 0 unspecified atom stereocenters. The van der Waals surface area contributed by atoms with Crippen LogP contribution in [0.25, 0.3) is 0 Å². The minimum Gasteiger partial charge on any atom is -0.356 e. The zero-order valence-corrected chi connectivity index (χ0v) is 15.4. The smallest absolute Gasteiger partial charge is 0.223 e. The summed E-state index contributed by atoms with van der Waals surface area (Å²) in [6, 6.07) is 0. The van der Waals surface area contributed by atoms with Crippen molar-refractivity contribution in [2.24, 2.45) is 10.4 Å². The lowest BCUT2D eigenvalue weighted by molar-refractivity contribution is 0.283. The van der Waals surface area contributed by atoms with Gasteiger partial charge in [0, 0.05) is 20.5 Å². The van der Waals surface area contributed by atoms with Crippen molar-refractivity contribution >= 4 is 29.9 Å². The third-order valence-corrected chi connectivity index (χ3v) is 4.25. The average Bonchev–Trinajstić information content (AvgIpc) is 3.09. The van der Waals surface area contributed by atoms with Crippen molar-refractivity contribution in [2.45, 2.75) is 52.5 Å². The van der Waals surface area contributed by atoms with E-state index in [1.54, 1.807) is 14.0 Å². The highest BCUT2D eigenvalue weighted by molar-refractivity contribution is 14.0. The molecule has 1 aromatic rings. The zero-order valence-electron chi connectivity index (χ0n) is 13.1. The molecule has 1 saturated carbocycles. The Balaban J connectivity index is 0.00000220. The topological polar surface area (TPSA) is 75.3 Å². The SMILES string of the molecule is CCC1(CNC(=NC)NCc2noc(C)n2)CCCC1.I. The van der Waals surface area contributed by atoms with Gasteiger partial charge >= 0.3 is 0 Å². The van der Waals surface area contributed by atoms with E-state index >= 15 is 0 Å². The van der Waals surface area contributed by atoms with E-state index in [2.05, 4.69) is 32.7 Å². The van der Waals surface area contributed by atoms with Crippen LogP contribution in [0.15, 0.2) is 9.52 Å². The first-order chi connectivity index (χ1) is 9.67. The molecule has 0 atom stereocenters. The number of guanidine groups is 1. The molecule has 7 heteroatoms. The molecule has 0 amide bonds. The minimum absolute atomic E-state index is 0. The molecule has 120 valence electrons. The van der Waals surface area contributed by atoms with E-state index < -0.39 is 0 Å². The number of aryl methyl sites for hydroxylation is 1. The number of rotatable bonds is 5. The van der Waals surface area contributed by atoms with Crippen LogP contribution in [0.1, 0.15) is 50.7 Å². The quantitative estimate of drug-likeness (QED) is 0.446. The Morgan fingerprint density at radius 2 is 2.05 bits per heavy atom. The molecule has 0 spiro atoms. The maximum Gasteiger partial charge on any atom is 0.223 e. The van der Waals surface area contributed by atoms with Crippen LogP contribution in [0.2, 0.25) is 0 Å². The highest BCUT2D eigenvalue weighted by Gasteiger charge is 2.31. The second-order valence-corrected chi connectivity index (χ2v) is 5.57. The van der Waals surface area contributed by atoms with Crippen molar-refractivity contribution in [3.63, 3.8) is 0 Å². The standard InChI is InChI=1S/C14H25N5O.HI/c1-4-14(7-5-6-8-14)10-17-13(15-3)16-9-12-18-11(2)20-19-12;/h4-10H2,1-3H3,(H2,15,16,17);1H. The molecule has 21 heavy (non-hydrogen) atoms. The molecule has 1 aliphatic rings. The zero-order chi connectivity index (χ0) is 14.4. The maximum atomic E-state index is 4.94. The van der Waals surface area contributed by atoms with Crippen LogP contribution in [0.5, 0.6) is 0 Å². The van der Waals surface area contributed by atoms with Crippen LogP contribution >= 0.6 is 24.0 Å². The van der Waals surface area contributed by atoms with E-state index in [1.807, 2.05) is 0 Å². The van der Waals surface area contributed by atoms with Gasteiger partial charge in [-0.1, -0.05) is 24.9 Å². The van der Waals surface area contributed by atoms with Gasteiger partial charge in [0.2, 0.25) is 5.89 Å². The first-order valence-corrected chi connectivity index (χ1v) is 7.41. The van der Waals surface area contributed by atoms with E-state index in [9.17, 15) is 0 Å². The Morgan fingerprint density at radius 1 is 1.33 bits per heavy atom. The van der Waals surface area contributed by atoms with Gasteiger partial charge < -0.3 is 15.2 Å². The second kappa shape index (κ2) is 8.55. The lowest BCUT2D eigenvalue weighted by Gasteiger charge is -2.28. The van der Waals surface area contributed by atoms with Gasteiger partial charge in [-0.05, 0) is 24.7 Å². The molecule has 1 aromatic heterocycles. The summed E-state index contributed by atoms with van der Waals surface area (Å²) < 4.78 is 4.94. The van der Waals surface area contributed by atoms with Crippen molar-refractivity contribution < 1.29 is 4.52 Å². The summed E-state index contributed by atoms with van der Waals surface area (Å²) >= 11 is 0. The maximum absolute atomic E-state index is 4.94. The van der Waals surface area contributed by atoms with E-state index in [0.717, 1.165) is 12.5 Å². The summed E-state index contributed by atoms with van der Waals surface area (Å²) in [6.07, 6.45) is 6.56. The molecule has 0 saturated heterocycles. The number of aromatic nitrogens is 2. The Hall–Kier alpha value is -0.860. The first-order valence-electron chi connectivity index (χ1n) is 7.41. The molecule has 0 radical (unpaired) electrons. The minimum atomic E-state index is 0. The number of nitrogens with one attached hydrogen (secondary N) is 2. The molecule has 1 heterocycles. The molecule has 0 aromatic carbocycles. The van der Waals surface area contributed by atoms with Crippen LogP contribution in [0.3, 0.4) is 0 Å². The number of aliphatic imine (C=N–C) groups is 1. The van der Waals surface area contributed by atoms with E-state index in [4.69, 9.17) is 4.52 Å². The fraction of sp³-hybridized carbons (Fsp3) is 0.786. The lowest BCUT2D eigenvalue weighted by Crippen LogP contribution is -2.42. The van der Waals surface area contributed by atoms with Crippen LogP contribution in [-0.2, 0) is 6.54 Å². The van der Waals surface area contributed by atoms with Crippen LogP contribution in [-0.4, -0.2) is 29.7 Å². The van der Waals surface area contributed by atoms with Gasteiger partial charge in [-0.15, -0.1) is 24.0 Å². The molecule has 1 aliphatic carbocycles. The fourth-order valence-corrected chi connectivity index (χ4v) is 2.85. The largest absolute Gasteiger partial charge is 0.356 e. The van der Waals surface area contributed by atoms with Gasteiger partial charge in [0.05, 0.1) is 6.54 Å². The molecular weight excluding hydrogens is 381 g/mol. The Kier molecular flexibility index (Phi) is 7.41. The van der Waals surface area contributed by atoms with Crippen molar-refractivity contribution in [2.75, 3.05) is 13.6 Å². The molecule has 1 fully saturated rings. The molecule has 0 aliphatic heterocycles. The Bertz CT molecular complexity index is 454. The number of halogens is 1. The Labute approximate surface area is 143 Å². The number of hydrogen-bond acceptors (Lipinski definition) is 4. The summed E-state index contributed by atoms with van der Waals surface area (Å²) in [7, 11) is 1.78. The lowest BCUT2D eigenvalue weighted by atomic mass is 9.83. The molecule has 2 rings (SSSR count). The van der Waals surface area contributed by atoms with Crippen molar-refractivity contribution in [1.29, 1.82) is 0 Å². The molecular formula is C14H26IN5O. The van der Waals surface area contributed by atoms with Crippen molar-refractivity contribution in [3.8, 4) is 0 Å². The molecule has 2 N–H and O–H groups in total. The highest BCUT2D eigenvalue weighted by Crippen LogP contribution is 2.40. The van der Waals surface area contributed by atoms with Crippen LogP contribution < -0.4 is 10.6 Å². The van der Waals surface area contributed by atoms with Crippen molar-refractivity contribution in [1.82, 2.24) is 20.8 Å². The predicted molar refractivity (Wildman–Crippen MR) is 93.8 cm³/mol. The third kappa shape index (κ3) is 5.12. The van der Waals surface area contributed by atoms with Gasteiger partial charge in [0.25, 0.3) is 0 Å². The highest BCUT2D eigenvalue weighted by atomic mass is 127. The normalized spacial score (nSPS) is 17.4. The number of hydrogen-bond donors (Lipinski definition) is 2. The second-order valence-electron chi connectivity index (χ2n) is 5.57. The van der Waals surface area contributed by atoms with E-state index in [1.165, 1.54) is 32.1 Å². The summed E-state index contributed by atoms with van der Waals surface area (Å²) in [5.74, 6) is 2.03. The fourth-order valence-electron chi connectivity index (χ4n) is 2.85. The van der Waals surface area contributed by atoms with Gasteiger partial charge in [-0.3, -0.25) is 4.99 Å². The summed E-state index contributed by atoms with van der Waals surface area (Å²) in [6.45, 7) is 5.57. The molecule has 0 bridgehead atoms. The first kappa shape index (κ1) is 18.2. The third-order valence-electron chi connectivity index (χ3n) is 4.25. The summed E-state index contributed by atoms with van der Waals surface area (Å²) in [5.41, 5.74) is 0.445. The van der Waals surface area contributed by atoms with E-state index in [-0.39, 0.29) is 24.0 Å². The van der Waals surface area contributed by atoms with Gasteiger partial charge in [0.1, 0.15) is 0 Å². The summed E-state index contributed by atoms with van der Waals surface area (Å²) in [5, 5.41) is 10.5. The average molecular weight is 407 g/mol. The monoisotopic (exact) mass is 407 g/mol. The van der Waals surface area contributed by atoms with Gasteiger partial charge in [0.15, 0.2) is 11.8 Å². The Morgan fingerprint density at radius 3 is 2.57 bits per heavy atom. The van der Waals surface area contributed by atoms with Gasteiger partial charge in [-0.2, -0.15) is 4.98 Å². The van der Waals surface area contributed by atoms with E-state index in [0.29, 0.717) is 23.7 Å². The molecule has 6 nitrogen and oxygen atoms in total. The van der Waals surface area contributed by atoms with Gasteiger partial charge in [-0.25, -0.2) is 0 Å². The number of nitrogens with zero attached hydrogens (tertiary/aromatic N) is 3. The predicted octanol–water partition coefficient (Wildman–Crippen LogP) is 2.63. The van der Waals surface area contributed by atoms with Crippen LogP contribution in [0.4, 0.5) is 0 Å². The summed E-state index contributed by atoms with van der Waals surface area (Å²) in [4.78, 5) is 8.41. The van der Waals surface area contributed by atoms with Crippen molar-refractivity contribution in [3.05, 3.63) is 11.7 Å².